The number of aryl methyl sites for hydroxylation is 2. The fourth-order valence-electron chi connectivity index (χ4n) is 2.77. The molecule has 3 nitrogen and oxygen atoms in total. The number of phenols is 1. The Balaban J connectivity index is 1.98. The number of aliphatic hydroxyl groups is 1. The smallest absolute Gasteiger partial charge is 0.127 e. The number of benzene rings is 2. The van der Waals surface area contributed by atoms with Gasteiger partial charge >= 0.3 is 0 Å². The Kier molecular flexibility index (Phi) is 3.14. The number of fused-ring (bicyclic) bond motifs is 1. The van der Waals surface area contributed by atoms with E-state index in [1.165, 1.54) is 0 Å². The third kappa shape index (κ3) is 2.14. The first-order chi connectivity index (χ1) is 9.56. The van der Waals surface area contributed by atoms with Crippen molar-refractivity contribution < 1.29 is 14.9 Å². The number of hydrogen-bond acceptors (Lipinski definition) is 3. The van der Waals surface area contributed by atoms with Crippen LogP contribution < -0.4 is 4.74 Å². The predicted molar refractivity (Wildman–Crippen MR) is 77.0 cm³/mol. The van der Waals surface area contributed by atoms with Gasteiger partial charge in [-0.3, -0.25) is 0 Å². The van der Waals surface area contributed by atoms with Gasteiger partial charge in [-0.25, -0.2) is 0 Å². The summed E-state index contributed by atoms with van der Waals surface area (Å²) in [6.45, 7) is 3.75. The van der Waals surface area contributed by atoms with Gasteiger partial charge in [-0.15, -0.1) is 0 Å². The fraction of sp³-hybridized carbons (Fsp3) is 0.294. The molecule has 1 heterocycles. The van der Waals surface area contributed by atoms with Gasteiger partial charge in [-0.05, 0) is 48.7 Å². The topological polar surface area (TPSA) is 49.7 Å². The van der Waals surface area contributed by atoms with Crippen LogP contribution in [-0.4, -0.2) is 10.2 Å². The van der Waals surface area contributed by atoms with Crippen LogP contribution in [-0.2, 0) is 0 Å². The van der Waals surface area contributed by atoms with E-state index in [9.17, 15) is 10.2 Å². The summed E-state index contributed by atoms with van der Waals surface area (Å²) in [6, 6.07) is 11.4. The maximum absolute atomic E-state index is 10.3. The molecule has 2 aromatic rings. The second-order valence-electron chi connectivity index (χ2n) is 5.40. The van der Waals surface area contributed by atoms with Crippen LogP contribution in [0.5, 0.6) is 11.5 Å². The van der Waals surface area contributed by atoms with Crippen molar-refractivity contribution in [1.82, 2.24) is 0 Å². The fourth-order valence-corrected chi connectivity index (χ4v) is 2.77. The maximum atomic E-state index is 10.3. The number of hydrogen-bond donors (Lipinski definition) is 2. The summed E-state index contributed by atoms with van der Waals surface area (Å²) in [6.07, 6.45) is -0.169. The number of rotatable bonds is 1. The van der Waals surface area contributed by atoms with E-state index in [4.69, 9.17) is 4.74 Å². The van der Waals surface area contributed by atoms with Gasteiger partial charge in [0.1, 0.15) is 17.6 Å². The van der Waals surface area contributed by atoms with E-state index in [-0.39, 0.29) is 6.10 Å². The summed E-state index contributed by atoms with van der Waals surface area (Å²) in [5.41, 5.74) is 3.50. The van der Waals surface area contributed by atoms with Crippen molar-refractivity contribution >= 4 is 0 Å². The molecule has 3 rings (SSSR count). The quantitative estimate of drug-likeness (QED) is 0.833. The molecule has 2 N–H and O–H groups in total. The first-order valence-corrected chi connectivity index (χ1v) is 6.80. The Morgan fingerprint density at radius 1 is 1.10 bits per heavy atom. The minimum absolute atomic E-state index is 0.183. The first kappa shape index (κ1) is 13.0. The number of aliphatic hydroxyl groups excluding tert-OH is 1. The standard InChI is InChI=1S/C17H18O3/c1-10-7-12(8-11(2)17(10)19)16-9-14(18)13-5-3-4-6-15(13)20-16/h3-8,14,16,18-19H,9H2,1-2H3. The van der Waals surface area contributed by atoms with Crippen molar-refractivity contribution in [3.8, 4) is 11.5 Å². The molecular weight excluding hydrogens is 252 g/mol. The lowest BCUT2D eigenvalue weighted by Crippen LogP contribution is -2.19. The van der Waals surface area contributed by atoms with Crippen LogP contribution in [0.2, 0.25) is 0 Å². The SMILES string of the molecule is Cc1cc(C2CC(O)c3ccccc3O2)cc(C)c1O. The summed E-state index contributed by atoms with van der Waals surface area (Å²) in [5, 5.41) is 20.1. The molecule has 0 saturated heterocycles. The van der Waals surface area contributed by atoms with Crippen LogP contribution in [0.15, 0.2) is 36.4 Å². The van der Waals surface area contributed by atoms with Crippen molar-refractivity contribution in [2.75, 3.05) is 0 Å². The van der Waals surface area contributed by atoms with Crippen LogP contribution >= 0.6 is 0 Å². The first-order valence-electron chi connectivity index (χ1n) is 6.80. The van der Waals surface area contributed by atoms with Gasteiger partial charge in [0.05, 0.1) is 6.10 Å². The van der Waals surface area contributed by atoms with E-state index >= 15 is 0 Å². The predicted octanol–water partition coefficient (Wildman–Crippen LogP) is 3.57. The van der Waals surface area contributed by atoms with E-state index in [0.717, 1.165) is 28.0 Å². The van der Waals surface area contributed by atoms with Gasteiger partial charge in [-0.1, -0.05) is 18.2 Å². The van der Waals surface area contributed by atoms with Crippen LogP contribution in [0, 0.1) is 13.8 Å². The Morgan fingerprint density at radius 3 is 2.45 bits per heavy atom. The van der Waals surface area contributed by atoms with Crippen molar-refractivity contribution in [2.24, 2.45) is 0 Å². The highest BCUT2D eigenvalue weighted by Crippen LogP contribution is 2.41. The molecule has 0 bridgehead atoms. The lowest BCUT2D eigenvalue weighted by molar-refractivity contribution is 0.0657. The van der Waals surface area contributed by atoms with E-state index < -0.39 is 6.10 Å². The molecule has 1 aliphatic rings. The minimum atomic E-state index is -0.514. The lowest BCUT2D eigenvalue weighted by atomic mass is 9.93. The van der Waals surface area contributed by atoms with Crippen molar-refractivity contribution in [3.05, 3.63) is 58.7 Å². The Hall–Kier alpha value is -2.00. The third-order valence-corrected chi connectivity index (χ3v) is 3.87. The molecule has 0 aromatic heterocycles. The molecule has 0 fully saturated rings. The van der Waals surface area contributed by atoms with Crippen molar-refractivity contribution in [1.29, 1.82) is 0 Å². The zero-order valence-corrected chi connectivity index (χ0v) is 11.6. The molecule has 2 atom stereocenters. The zero-order chi connectivity index (χ0) is 14.3. The normalized spacial score (nSPS) is 21.1. The molecule has 0 amide bonds. The molecule has 0 aliphatic carbocycles. The number of ether oxygens (including phenoxy) is 1. The summed E-state index contributed by atoms with van der Waals surface area (Å²) in [4.78, 5) is 0. The number of phenolic OH excluding ortho intramolecular Hbond substituents is 1. The molecule has 20 heavy (non-hydrogen) atoms. The summed E-state index contributed by atoms with van der Waals surface area (Å²) < 4.78 is 6.00. The van der Waals surface area contributed by atoms with Crippen LogP contribution in [0.4, 0.5) is 0 Å². The molecular formula is C17H18O3. The molecule has 2 aromatic carbocycles. The van der Waals surface area contributed by atoms with Gasteiger partial charge < -0.3 is 14.9 Å². The molecule has 1 aliphatic heterocycles. The van der Waals surface area contributed by atoms with Crippen LogP contribution in [0.1, 0.15) is 40.9 Å². The number of para-hydroxylation sites is 1. The zero-order valence-electron chi connectivity index (χ0n) is 11.6. The Morgan fingerprint density at radius 2 is 1.75 bits per heavy atom. The average Bonchev–Trinajstić information content (AvgIpc) is 2.44. The highest BCUT2D eigenvalue weighted by Gasteiger charge is 2.28. The van der Waals surface area contributed by atoms with E-state index in [1.54, 1.807) is 0 Å². The minimum Gasteiger partial charge on any atom is -0.507 e. The van der Waals surface area contributed by atoms with E-state index in [2.05, 4.69) is 0 Å². The third-order valence-electron chi connectivity index (χ3n) is 3.87. The van der Waals surface area contributed by atoms with E-state index in [0.29, 0.717) is 12.2 Å². The Bertz CT molecular complexity index is 625. The molecule has 0 spiro atoms. The molecule has 0 radical (unpaired) electrons. The van der Waals surface area contributed by atoms with Gasteiger partial charge in [-0.2, -0.15) is 0 Å². The van der Waals surface area contributed by atoms with Crippen LogP contribution in [0.25, 0.3) is 0 Å². The molecule has 104 valence electrons. The summed E-state index contributed by atoms with van der Waals surface area (Å²) in [7, 11) is 0. The maximum Gasteiger partial charge on any atom is 0.127 e. The number of aromatic hydroxyl groups is 1. The average molecular weight is 270 g/mol. The van der Waals surface area contributed by atoms with Crippen molar-refractivity contribution in [3.63, 3.8) is 0 Å². The van der Waals surface area contributed by atoms with Crippen LogP contribution in [0.3, 0.4) is 0 Å². The molecule has 3 heteroatoms. The lowest BCUT2D eigenvalue weighted by Gasteiger charge is -2.30. The molecule has 0 saturated carbocycles. The van der Waals surface area contributed by atoms with Gasteiger partial charge in [0, 0.05) is 12.0 Å². The summed E-state index contributed by atoms with van der Waals surface area (Å²) >= 11 is 0. The summed E-state index contributed by atoms with van der Waals surface area (Å²) in [5.74, 6) is 1.06. The van der Waals surface area contributed by atoms with Crippen molar-refractivity contribution in [2.45, 2.75) is 32.5 Å². The monoisotopic (exact) mass is 270 g/mol. The molecule has 2 unspecified atom stereocenters. The highest BCUT2D eigenvalue weighted by molar-refractivity contribution is 5.44. The highest BCUT2D eigenvalue weighted by atomic mass is 16.5. The largest absolute Gasteiger partial charge is 0.507 e. The second kappa shape index (κ2) is 4.84. The van der Waals surface area contributed by atoms with Gasteiger partial charge in [0.15, 0.2) is 0 Å². The van der Waals surface area contributed by atoms with E-state index in [1.807, 2.05) is 50.2 Å². The second-order valence-corrected chi connectivity index (χ2v) is 5.40. The Labute approximate surface area is 118 Å². The van der Waals surface area contributed by atoms with Gasteiger partial charge in [0.2, 0.25) is 0 Å². The van der Waals surface area contributed by atoms with Gasteiger partial charge in [0.25, 0.3) is 0 Å².